The number of benzene rings is 1. The fraction of sp³-hybridized carbons (Fsp3) is 0.333. The van der Waals surface area contributed by atoms with Crippen LogP contribution in [0.25, 0.3) is 0 Å². The van der Waals surface area contributed by atoms with Gasteiger partial charge in [-0.2, -0.15) is 0 Å². The zero-order valence-electron chi connectivity index (χ0n) is 12.8. The molecule has 1 amide bonds. The van der Waals surface area contributed by atoms with Crippen molar-refractivity contribution in [1.82, 2.24) is 9.88 Å². The molecule has 1 aliphatic heterocycles. The van der Waals surface area contributed by atoms with Crippen molar-refractivity contribution in [2.24, 2.45) is 0 Å². The van der Waals surface area contributed by atoms with Gasteiger partial charge in [-0.3, -0.25) is 0 Å². The molecule has 1 atom stereocenters. The molecule has 2 heterocycles. The second-order valence-electron chi connectivity index (χ2n) is 5.63. The van der Waals surface area contributed by atoms with Crippen LogP contribution in [0, 0.1) is 0 Å². The predicted molar refractivity (Wildman–Crippen MR) is 89.2 cm³/mol. The number of carbonyl (C=O) groups excluding carboxylic acids is 1. The molecule has 2 aromatic rings. The normalized spacial score (nSPS) is 17.8. The van der Waals surface area contributed by atoms with E-state index in [1.165, 1.54) is 0 Å². The molecule has 1 fully saturated rings. The molecule has 0 radical (unpaired) electrons. The Morgan fingerprint density at radius 3 is 2.83 bits per heavy atom. The number of nitrogens with zero attached hydrogens (tertiary/aromatic N) is 2. The molecular weight excluding hydrogens is 312 g/mol. The number of hydrogen-bond acceptors (Lipinski definition) is 3. The van der Waals surface area contributed by atoms with Crippen LogP contribution in [0.5, 0.6) is 0 Å². The average Bonchev–Trinajstić information content (AvgIpc) is 2.61. The molecule has 0 unspecified atom stereocenters. The lowest BCUT2D eigenvalue weighted by molar-refractivity contribution is 0.0678. The predicted octanol–water partition coefficient (Wildman–Crippen LogP) is 4.60. The Morgan fingerprint density at radius 2 is 2.04 bits per heavy atom. The van der Waals surface area contributed by atoms with E-state index in [1.807, 2.05) is 42.5 Å². The minimum absolute atomic E-state index is 0.0618. The van der Waals surface area contributed by atoms with E-state index >= 15 is 0 Å². The van der Waals surface area contributed by atoms with E-state index in [0.29, 0.717) is 11.7 Å². The molecule has 0 spiro atoms. The number of halogens is 1. The number of aromatic nitrogens is 1. The zero-order chi connectivity index (χ0) is 16.1. The first kappa shape index (κ1) is 15.8. The van der Waals surface area contributed by atoms with Crippen LogP contribution in [-0.2, 0) is 11.3 Å². The second kappa shape index (κ2) is 7.47. The highest BCUT2D eigenvalue weighted by Crippen LogP contribution is 2.34. The quantitative estimate of drug-likeness (QED) is 0.772. The number of carbonyl (C=O) groups is 1. The number of amides is 1. The van der Waals surface area contributed by atoms with Gasteiger partial charge in [0.05, 0.1) is 6.04 Å². The number of pyridine rings is 1. The van der Waals surface area contributed by atoms with E-state index in [1.54, 1.807) is 11.1 Å². The SMILES string of the molecule is O=C(OCc1ccccc1)N1CCCC[C@@H]1c1cccnc1Cl. The molecule has 0 saturated carbocycles. The number of likely N-dealkylation sites (tertiary alicyclic amines) is 1. The molecule has 4 nitrogen and oxygen atoms in total. The van der Waals surface area contributed by atoms with Crippen LogP contribution in [0.2, 0.25) is 5.15 Å². The Balaban J connectivity index is 1.71. The van der Waals surface area contributed by atoms with Crippen molar-refractivity contribution in [1.29, 1.82) is 0 Å². The molecule has 5 heteroatoms. The lowest BCUT2D eigenvalue weighted by Gasteiger charge is -2.35. The van der Waals surface area contributed by atoms with Gasteiger partial charge in [-0.1, -0.05) is 48.0 Å². The highest BCUT2D eigenvalue weighted by Gasteiger charge is 2.30. The second-order valence-corrected chi connectivity index (χ2v) is 5.99. The first-order valence-electron chi connectivity index (χ1n) is 7.83. The first-order valence-corrected chi connectivity index (χ1v) is 8.21. The van der Waals surface area contributed by atoms with Crippen molar-refractivity contribution in [2.45, 2.75) is 31.9 Å². The van der Waals surface area contributed by atoms with Gasteiger partial charge in [0.25, 0.3) is 0 Å². The lowest BCUT2D eigenvalue weighted by Crippen LogP contribution is -2.39. The summed E-state index contributed by atoms with van der Waals surface area (Å²) in [5.74, 6) is 0. The number of rotatable bonds is 3. The fourth-order valence-electron chi connectivity index (χ4n) is 2.92. The Kier molecular flexibility index (Phi) is 5.13. The molecule has 1 aromatic carbocycles. The fourth-order valence-corrected chi connectivity index (χ4v) is 3.17. The van der Waals surface area contributed by atoms with Gasteiger partial charge in [-0.05, 0) is 30.9 Å². The van der Waals surface area contributed by atoms with Gasteiger partial charge < -0.3 is 9.64 Å². The minimum atomic E-state index is -0.293. The number of hydrogen-bond donors (Lipinski definition) is 0. The van der Waals surface area contributed by atoms with Crippen molar-refractivity contribution in [3.05, 3.63) is 64.9 Å². The van der Waals surface area contributed by atoms with E-state index in [-0.39, 0.29) is 18.7 Å². The maximum Gasteiger partial charge on any atom is 0.410 e. The molecule has 0 bridgehead atoms. The Morgan fingerprint density at radius 1 is 1.22 bits per heavy atom. The van der Waals surface area contributed by atoms with Crippen LogP contribution >= 0.6 is 11.6 Å². The van der Waals surface area contributed by atoms with Gasteiger partial charge in [0.1, 0.15) is 11.8 Å². The van der Waals surface area contributed by atoms with Gasteiger partial charge in [0.15, 0.2) is 0 Å². The van der Waals surface area contributed by atoms with E-state index in [4.69, 9.17) is 16.3 Å². The standard InChI is InChI=1S/C18H19ClN2O2/c19-17-15(9-6-11-20-17)16-10-4-5-12-21(16)18(22)23-13-14-7-2-1-3-8-14/h1-3,6-9,11,16H,4-5,10,12-13H2/t16-/m1/s1. The lowest BCUT2D eigenvalue weighted by atomic mass is 9.97. The van der Waals surface area contributed by atoms with Gasteiger partial charge in [0.2, 0.25) is 0 Å². The summed E-state index contributed by atoms with van der Waals surface area (Å²) in [5.41, 5.74) is 1.87. The van der Waals surface area contributed by atoms with E-state index in [0.717, 1.165) is 30.4 Å². The van der Waals surface area contributed by atoms with Crippen LogP contribution in [0.4, 0.5) is 4.79 Å². The third kappa shape index (κ3) is 3.82. The molecule has 120 valence electrons. The van der Waals surface area contributed by atoms with E-state index < -0.39 is 0 Å². The molecule has 1 saturated heterocycles. The largest absolute Gasteiger partial charge is 0.445 e. The van der Waals surface area contributed by atoms with Gasteiger partial charge >= 0.3 is 6.09 Å². The summed E-state index contributed by atoms with van der Waals surface area (Å²) in [5, 5.41) is 0.459. The molecule has 0 N–H and O–H groups in total. The summed E-state index contributed by atoms with van der Waals surface area (Å²) < 4.78 is 5.48. The van der Waals surface area contributed by atoms with E-state index in [2.05, 4.69) is 4.98 Å². The topological polar surface area (TPSA) is 42.4 Å². The Labute approximate surface area is 141 Å². The maximum atomic E-state index is 12.5. The van der Waals surface area contributed by atoms with Gasteiger partial charge in [-0.15, -0.1) is 0 Å². The van der Waals surface area contributed by atoms with Gasteiger partial charge in [-0.25, -0.2) is 9.78 Å². The van der Waals surface area contributed by atoms with Crippen LogP contribution in [0.3, 0.4) is 0 Å². The van der Waals surface area contributed by atoms with Crippen LogP contribution < -0.4 is 0 Å². The average molecular weight is 331 g/mol. The summed E-state index contributed by atoms with van der Waals surface area (Å²) in [6, 6.07) is 13.4. The minimum Gasteiger partial charge on any atom is -0.445 e. The zero-order valence-corrected chi connectivity index (χ0v) is 13.6. The Bertz CT molecular complexity index is 663. The van der Waals surface area contributed by atoms with Crippen LogP contribution in [0.15, 0.2) is 48.7 Å². The number of ether oxygens (including phenoxy) is 1. The molecule has 1 aromatic heterocycles. The van der Waals surface area contributed by atoms with Gasteiger partial charge in [0, 0.05) is 18.3 Å². The maximum absolute atomic E-state index is 12.5. The van der Waals surface area contributed by atoms with Crippen LogP contribution in [-0.4, -0.2) is 22.5 Å². The summed E-state index contributed by atoms with van der Waals surface area (Å²) in [7, 11) is 0. The molecule has 23 heavy (non-hydrogen) atoms. The third-order valence-corrected chi connectivity index (χ3v) is 4.41. The summed E-state index contributed by atoms with van der Waals surface area (Å²) in [4.78, 5) is 18.4. The molecule has 1 aliphatic rings. The highest BCUT2D eigenvalue weighted by molar-refractivity contribution is 6.30. The summed E-state index contributed by atoms with van der Waals surface area (Å²) in [6.07, 6.45) is 4.30. The summed E-state index contributed by atoms with van der Waals surface area (Å²) in [6.45, 7) is 0.965. The van der Waals surface area contributed by atoms with Crippen molar-refractivity contribution in [2.75, 3.05) is 6.54 Å². The van der Waals surface area contributed by atoms with E-state index in [9.17, 15) is 4.79 Å². The number of piperidine rings is 1. The molecular formula is C18H19ClN2O2. The molecule has 0 aliphatic carbocycles. The third-order valence-electron chi connectivity index (χ3n) is 4.09. The van der Waals surface area contributed by atoms with Crippen molar-refractivity contribution >= 4 is 17.7 Å². The van der Waals surface area contributed by atoms with Crippen molar-refractivity contribution < 1.29 is 9.53 Å². The molecule has 3 rings (SSSR count). The van der Waals surface area contributed by atoms with Crippen LogP contribution in [0.1, 0.15) is 36.4 Å². The first-order chi connectivity index (χ1) is 11.3. The van der Waals surface area contributed by atoms with Crippen molar-refractivity contribution in [3.8, 4) is 0 Å². The monoisotopic (exact) mass is 330 g/mol. The summed E-state index contributed by atoms with van der Waals surface area (Å²) >= 11 is 6.21. The Hall–Kier alpha value is -2.07. The highest BCUT2D eigenvalue weighted by atomic mass is 35.5. The smallest absolute Gasteiger partial charge is 0.410 e. The van der Waals surface area contributed by atoms with Crippen molar-refractivity contribution in [3.63, 3.8) is 0 Å².